The number of rotatable bonds is 5. The Morgan fingerprint density at radius 1 is 1.00 bits per heavy atom. The number of aldehydes is 1. The van der Waals surface area contributed by atoms with Gasteiger partial charge in [0.25, 0.3) is 0 Å². The Hall–Kier alpha value is -2.09. The second-order valence-electron chi connectivity index (χ2n) is 4.22. The van der Waals surface area contributed by atoms with Gasteiger partial charge in [0.05, 0.1) is 0 Å². The van der Waals surface area contributed by atoms with Crippen LogP contribution in [0.15, 0.2) is 48.5 Å². The Bertz CT molecular complexity index is 517. The molecule has 0 saturated heterocycles. The minimum Gasteiger partial charge on any atom is -0.381 e. The molecule has 1 N–H and O–H groups in total. The molecule has 2 aromatic rings. The quantitative estimate of drug-likeness (QED) is 0.806. The Labute approximate surface area is 108 Å². The first-order valence-corrected chi connectivity index (χ1v) is 6.19. The summed E-state index contributed by atoms with van der Waals surface area (Å²) in [7, 11) is 0. The van der Waals surface area contributed by atoms with Crippen LogP contribution in [0.3, 0.4) is 0 Å². The van der Waals surface area contributed by atoms with Crippen molar-refractivity contribution in [3.63, 3.8) is 0 Å². The number of anilines is 1. The molecule has 0 amide bonds. The number of benzene rings is 2. The van der Waals surface area contributed by atoms with Gasteiger partial charge in [-0.25, -0.2) is 0 Å². The standard InChI is InChI=1S/C16H17NO/c1-2-14-5-3-4-6-15(14)11-17-16-9-7-13(12-18)8-10-16/h3-10,12,17H,2,11H2,1H3. The number of hydrogen-bond acceptors (Lipinski definition) is 2. The van der Waals surface area contributed by atoms with Crippen LogP contribution in [-0.4, -0.2) is 6.29 Å². The summed E-state index contributed by atoms with van der Waals surface area (Å²) in [6.07, 6.45) is 1.90. The van der Waals surface area contributed by atoms with E-state index in [-0.39, 0.29) is 0 Å². The molecule has 2 heteroatoms. The lowest BCUT2D eigenvalue weighted by molar-refractivity contribution is 0.112. The Morgan fingerprint density at radius 3 is 2.28 bits per heavy atom. The van der Waals surface area contributed by atoms with Crippen LogP contribution in [0.1, 0.15) is 28.4 Å². The normalized spacial score (nSPS) is 10.1. The van der Waals surface area contributed by atoms with Crippen LogP contribution in [0.4, 0.5) is 5.69 Å². The molecule has 0 unspecified atom stereocenters. The topological polar surface area (TPSA) is 29.1 Å². The van der Waals surface area contributed by atoms with Crippen molar-refractivity contribution >= 4 is 12.0 Å². The van der Waals surface area contributed by atoms with Crippen LogP contribution in [0.25, 0.3) is 0 Å². The molecule has 0 radical (unpaired) electrons. The van der Waals surface area contributed by atoms with Gasteiger partial charge < -0.3 is 5.32 Å². The van der Waals surface area contributed by atoms with Gasteiger partial charge in [-0.3, -0.25) is 4.79 Å². The van der Waals surface area contributed by atoms with E-state index < -0.39 is 0 Å². The summed E-state index contributed by atoms with van der Waals surface area (Å²) in [5.41, 5.74) is 4.43. The minimum atomic E-state index is 0.703. The fraction of sp³-hybridized carbons (Fsp3) is 0.188. The first-order valence-electron chi connectivity index (χ1n) is 6.19. The van der Waals surface area contributed by atoms with Gasteiger partial charge in [0.15, 0.2) is 0 Å². The number of nitrogens with one attached hydrogen (secondary N) is 1. The van der Waals surface area contributed by atoms with Gasteiger partial charge in [0.1, 0.15) is 6.29 Å². The van der Waals surface area contributed by atoms with Crippen LogP contribution < -0.4 is 5.32 Å². The summed E-state index contributed by atoms with van der Waals surface area (Å²) in [5, 5.41) is 3.37. The molecule has 0 bridgehead atoms. The molecule has 2 rings (SSSR count). The highest BCUT2D eigenvalue weighted by molar-refractivity contribution is 5.75. The molecule has 0 aliphatic rings. The molecule has 0 fully saturated rings. The van der Waals surface area contributed by atoms with Gasteiger partial charge in [0.2, 0.25) is 0 Å². The predicted octanol–water partition coefficient (Wildman–Crippen LogP) is 3.67. The molecule has 0 aliphatic carbocycles. The third-order valence-electron chi connectivity index (χ3n) is 3.03. The van der Waals surface area contributed by atoms with Crippen molar-refractivity contribution in [2.75, 3.05) is 5.32 Å². The third-order valence-corrected chi connectivity index (χ3v) is 3.03. The summed E-state index contributed by atoms with van der Waals surface area (Å²) in [6, 6.07) is 15.9. The van der Waals surface area contributed by atoms with Crippen molar-refractivity contribution in [3.05, 3.63) is 65.2 Å². The van der Waals surface area contributed by atoms with E-state index in [9.17, 15) is 4.79 Å². The molecule has 92 valence electrons. The summed E-state index contributed by atoms with van der Waals surface area (Å²) >= 11 is 0. The highest BCUT2D eigenvalue weighted by atomic mass is 16.1. The van der Waals surface area contributed by atoms with E-state index in [2.05, 4.69) is 36.5 Å². The summed E-state index contributed by atoms with van der Waals surface area (Å²) in [4.78, 5) is 10.6. The zero-order chi connectivity index (χ0) is 12.8. The van der Waals surface area contributed by atoms with Gasteiger partial charge in [-0.05, 0) is 41.8 Å². The van der Waals surface area contributed by atoms with E-state index in [0.717, 1.165) is 24.9 Å². The second kappa shape index (κ2) is 6.01. The highest BCUT2D eigenvalue weighted by Gasteiger charge is 1.99. The molecule has 0 spiro atoms. The van der Waals surface area contributed by atoms with Gasteiger partial charge in [0, 0.05) is 17.8 Å². The minimum absolute atomic E-state index is 0.703. The lowest BCUT2D eigenvalue weighted by Gasteiger charge is -2.10. The summed E-state index contributed by atoms with van der Waals surface area (Å²) < 4.78 is 0. The lowest BCUT2D eigenvalue weighted by Crippen LogP contribution is -2.02. The van der Waals surface area contributed by atoms with Crippen molar-refractivity contribution in [1.82, 2.24) is 0 Å². The molecule has 0 aliphatic heterocycles. The van der Waals surface area contributed by atoms with Crippen LogP contribution in [0, 0.1) is 0 Å². The Morgan fingerprint density at radius 2 is 1.67 bits per heavy atom. The fourth-order valence-electron chi connectivity index (χ4n) is 1.95. The number of carbonyl (C=O) groups is 1. The number of carbonyl (C=O) groups excluding carboxylic acids is 1. The molecule has 2 nitrogen and oxygen atoms in total. The van der Waals surface area contributed by atoms with Crippen molar-refractivity contribution in [2.45, 2.75) is 19.9 Å². The SMILES string of the molecule is CCc1ccccc1CNc1ccc(C=O)cc1. The van der Waals surface area contributed by atoms with Gasteiger partial charge in [-0.1, -0.05) is 31.2 Å². The van der Waals surface area contributed by atoms with Crippen molar-refractivity contribution < 1.29 is 4.79 Å². The zero-order valence-corrected chi connectivity index (χ0v) is 10.5. The van der Waals surface area contributed by atoms with Gasteiger partial charge >= 0.3 is 0 Å². The van der Waals surface area contributed by atoms with Gasteiger partial charge in [-0.15, -0.1) is 0 Å². The zero-order valence-electron chi connectivity index (χ0n) is 10.5. The van der Waals surface area contributed by atoms with Crippen molar-refractivity contribution in [1.29, 1.82) is 0 Å². The maximum Gasteiger partial charge on any atom is 0.150 e. The predicted molar refractivity (Wildman–Crippen MR) is 75.0 cm³/mol. The fourth-order valence-corrected chi connectivity index (χ4v) is 1.95. The first-order chi connectivity index (χ1) is 8.83. The molecule has 0 aromatic heterocycles. The van der Waals surface area contributed by atoms with Gasteiger partial charge in [-0.2, -0.15) is 0 Å². The highest BCUT2D eigenvalue weighted by Crippen LogP contribution is 2.13. The second-order valence-corrected chi connectivity index (χ2v) is 4.22. The van der Waals surface area contributed by atoms with E-state index in [1.54, 1.807) is 0 Å². The van der Waals surface area contributed by atoms with Crippen molar-refractivity contribution in [2.24, 2.45) is 0 Å². The Balaban J connectivity index is 2.04. The largest absolute Gasteiger partial charge is 0.381 e. The third kappa shape index (κ3) is 2.98. The molecule has 0 atom stereocenters. The van der Waals surface area contributed by atoms with Crippen LogP contribution >= 0.6 is 0 Å². The monoisotopic (exact) mass is 239 g/mol. The van der Waals surface area contributed by atoms with Crippen LogP contribution in [0.5, 0.6) is 0 Å². The van der Waals surface area contributed by atoms with E-state index >= 15 is 0 Å². The van der Waals surface area contributed by atoms with E-state index in [4.69, 9.17) is 0 Å². The van der Waals surface area contributed by atoms with Crippen LogP contribution in [-0.2, 0) is 13.0 Å². The molecule has 18 heavy (non-hydrogen) atoms. The lowest BCUT2D eigenvalue weighted by atomic mass is 10.1. The average Bonchev–Trinajstić information content (AvgIpc) is 2.46. The summed E-state index contributed by atoms with van der Waals surface area (Å²) in [5.74, 6) is 0. The Kier molecular flexibility index (Phi) is 4.13. The first kappa shape index (κ1) is 12.4. The molecule has 0 saturated carbocycles. The number of hydrogen-bond donors (Lipinski definition) is 1. The van der Waals surface area contributed by atoms with Crippen molar-refractivity contribution in [3.8, 4) is 0 Å². The van der Waals surface area contributed by atoms with E-state index in [1.165, 1.54) is 11.1 Å². The van der Waals surface area contributed by atoms with E-state index in [1.807, 2.05) is 24.3 Å². The maximum atomic E-state index is 10.6. The molecular weight excluding hydrogens is 222 g/mol. The van der Waals surface area contributed by atoms with Crippen LogP contribution in [0.2, 0.25) is 0 Å². The van der Waals surface area contributed by atoms with E-state index in [0.29, 0.717) is 5.56 Å². The number of aryl methyl sites for hydroxylation is 1. The summed E-state index contributed by atoms with van der Waals surface area (Å²) in [6.45, 7) is 2.97. The molecule has 0 heterocycles. The molecular formula is C16H17NO. The smallest absolute Gasteiger partial charge is 0.150 e. The average molecular weight is 239 g/mol. The maximum absolute atomic E-state index is 10.6. The molecule has 2 aromatic carbocycles.